The molecule has 3 aliphatic rings. The van der Waals surface area contributed by atoms with Crippen LogP contribution in [0, 0.1) is 22.7 Å². The van der Waals surface area contributed by atoms with Gasteiger partial charge in [-0.25, -0.2) is 0 Å². The molecule has 0 aromatic heterocycles. The first kappa shape index (κ1) is 12.2. The quantitative estimate of drug-likeness (QED) is 0.708. The van der Waals surface area contributed by atoms with Gasteiger partial charge in [-0.1, -0.05) is 6.92 Å². The number of esters is 1. The molecule has 3 rings (SSSR count). The SMILES string of the molecule is CCOC(=O)[C@@]12CC[C@H]3CC(C)C[C@]31CC(=O)C2. The van der Waals surface area contributed by atoms with Gasteiger partial charge in [0.2, 0.25) is 0 Å². The van der Waals surface area contributed by atoms with Crippen molar-refractivity contribution in [1.82, 2.24) is 0 Å². The Hall–Kier alpha value is -0.860. The fraction of sp³-hybridized carbons (Fsp3) is 0.867. The number of ether oxygens (including phenoxy) is 1. The van der Waals surface area contributed by atoms with Crippen molar-refractivity contribution < 1.29 is 14.3 Å². The van der Waals surface area contributed by atoms with Crippen molar-refractivity contribution in [2.24, 2.45) is 22.7 Å². The third-order valence-electron chi connectivity index (χ3n) is 5.73. The Labute approximate surface area is 108 Å². The van der Waals surface area contributed by atoms with Crippen LogP contribution in [0.4, 0.5) is 0 Å². The topological polar surface area (TPSA) is 43.4 Å². The molecule has 3 fully saturated rings. The Bertz CT molecular complexity index is 403. The summed E-state index contributed by atoms with van der Waals surface area (Å²) in [7, 11) is 0. The van der Waals surface area contributed by atoms with E-state index < -0.39 is 5.41 Å². The molecule has 0 saturated heterocycles. The summed E-state index contributed by atoms with van der Waals surface area (Å²) in [6.07, 6.45) is 5.28. The van der Waals surface area contributed by atoms with Gasteiger partial charge >= 0.3 is 5.97 Å². The zero-order chi connectivity index (χ0) is 13.0. The molecule has 0 aromatic rings. The molecule has 0 radical (unpaired) electrons. The molecule has 0 heterocycles. The van der Waals surface area contributed by atoms with Crippen LogP contribution < -0.4 is 0 Å². The number of Topliss-reactive ketones (excluding diaryl/α,β-unsaturated/α-hetero) is 1. The molecule has 0 aromatic carbocycles. The first-order valence-corrected chi connectivity index (χ1v) is 7.23. The fourth-order valence-electron chi connectivity index (χ4n) is 5.28. The highest BCUT2D eigenvalue weighted by Gasteiger charge is 2.70. The molecule has 3 nitrogen and oxygen atoms in total. The third kappa shape index (κ3) is 1.31. The Morgan fingerprint density at radius 3 is 2.94 bits per heavy atom. The van der Waals surface area contributed by atoms with Gasteiger partial charge < -0.3 is 4.74 Å². The van der Waals surface area contributed by atoms with E-state index in [0.717, 1.165) is 19.3 Å². The van der Waals surface area contributed by atoms with E-state index >= 15 is 0 Å². The second kappa shape index (κ2) is 3.82. The van der Waals surface area contributed by atoms with Gasteiger partial charge in [0.05, 0.1) is 12.0 Å². The summed E-state index contributed by atoms with van der Waals surface area (Å²) < 4.78 is 5.33. The number of rotatable bonds is 2. The average Bonchev–Trinajstić information content (AvgIpc) is 2.83. The summed E-state index contributed by atoms with van der Waals surface area (Å²) in [4.78, 5) is 24.5. The second-order valence-corrected chi connectivity index (χ2v) is 6.63. The molecule has 0 aliphatic heterocycles. The molecular weight excluding hydrogens is 228 g/mol. The number of ketones is 1. The smallest absolute Gasteiger partial charge is 0.313 e. The van der Waals surface area contributed by atoms with Gasteiger partial charge in [-0.2, -0.15) is 0 Å². The lowest BCUT2D eigenvalue weighted by Gasteiger charge is -2.38. The summed E-state index contributed by atoms with van der Waals surface area (Å²) >= 11 is 0. The normalized spacial score (nSPS) is 46.0. The standard InChI is InChI=1S/C15H22O3/c1-3-18-13(17)14-5-4-11-6-10(2)7-15(11,14)9-12(16)8-14/h10-11H,3-9H2,1-2H3/t10?,11-,14-,15-/m0/s1. The summed E-state index contributed by atoms with van der Waals surface area (Å²) in [5, 5.41) is 0. The number of hydrogen-bond acceptors (Lipinski definition) is 3. The molecule has 100 valence electrons. The maximum absolute atomic E-state index is 12.5. The molecule has 3 aliphatic carbocycles. The van der Waals surface area contributed by atoms with Gasteiger partial charge in [0, 0.05) is 12.8 Å². The van der Waals surface area contributed by atoms with E-state index in [9.17, 15) is 9.59 Å². The summed E-state index contributed by atoms with van der Waals surface area (Å²) in [5.74, 6) is 1.41. The highest BCUT2D eigenvalue weighted by Crippen LogP contribution is 2.71. The van der Waals surface area contributed by atoms with E-state index in [4.69, 9.17) is 4.74 Å². The third-order valence-corrected chi connectivity index (χ3v) is 5.73. The van der Waals surface area contributed by atoms with Gasteiger partial charge in [-0.3, -0.25) is 9.59 Å². The van der Waals surface area contributed by atoms with Crippen molar-refractivity contribution in [2.75, 3.05) is 6.61 Å². The summed E-state index contributed by atoms with van der Waals surface area (Å²) in [6.45, 7) is 4.53. The minimum absolute atomic E-state index is 0.0459. The van der Waals surface area contributed by atoms with Crippen LogP contribution in [0.2, 0.25) is 0 Å². The monoisotopic (exact) mass is 250 g/mol. The van der Waals surface area contributed by atoms with Crippen LogP contribution in [-0.2, 0) is 14.3 Å². The van der Waals surface area contributed by atoms with Gasteiger partial charge in [0.25, 0.3) is 0 Å². The molecule has 0 amide bonds. The molecule has 0 bridgehead atoms. The number of carbonyl (C=O) groups excluding carboxylic acids is 2. The number of carbonyl (C=O) groups is 2. The van der Waals surface area contributed by atoms with E-state index in [0.29, 0.717) is 31.3 Å². The van der Waals surface area contributed by atoms with Crippen molar-refractivity contribution in [3.63, 3.8) is 0 Å². The lowest BCUT2D eigenvalue weighted by molar-refractivity contribution is -0.161. The Kier molecular flexibility index (Phi) is 2.58. The van der Waals surface area contributed by atoms with Crippen LogP contribution in [-0.4, -0.2) is 18.4 Å². The van der Waals surface area contributed by atoms with E-state index in [1.165, 1.54) is 6.42 Å². The fourth-order valence-corrected chi connectivity index (χ4v) is 5.28. The molecule has 4 atom stereocenters. The first-order chi connectivity index (χ1) is 8.54. The molecule has 3 heteroatoms. The van der Waals surface area contributed by atoms with Crippen LogP contribution in [0.3, 0.4) is 0 Å². The second-order valence-electron chi connectivity index (χ2n) is 6.63. The van der Waals surface area contributed by atoms with Gasteiger partial charge in [-0.05, 0) is 49.9 Å². The van der Waals surface area contributed by atoms with Crippen LogP contribution >= 0.6 is 0 Å². The minimum atomic E-state index is -0.463. The van der Waals surface area contributed by atoms with Crippen LogP contribution in [0.5, 0.6) is 0 Å². The molecule has 18 heavy (non-hydrogen) atoms. The molecule has 0 N–H and O–H groups in total. The van der Waals surface area contributed by atoms with E-state index in [1.807, 2.05) is 6.92 Å². The summed E-state index contributed by atoms with van der Waals surface area (Å²) in [6, 6.07) is 0. The van der Waals surface area contributed by atoms with Crippen LogP contribution in [0.1, 0.15) is 52.4 Å². The molecule has 1 unspecified atom stereocenters. The van der Waals surface area contributed by atoms with Gasteiger partial charge in [-0.15, -0.1) is 0 Å². The van der Waals surface area contributed by atoms with Crippen molar-refractivity contribution in [3.05, 3.63) is 0 Å². The van der Waals surface area contributed by atoms with Gasteiger partial charge in [0.15, 0.2) is 0 Å². The van der Waals surface area contributed by atoms with E-state index in [-0.39, 0.29) is 17.2 Å². The minimum Gasteiger partial charge on any atom is -0.466 e. The predicted octanol–water partition coefficient (Wildman–Crippen LogP) is 2.73. The molecular formula is C15H22O3. The Morgan fingerprint density at radius 1 is 1.44 bits per heavy atom. The largest absolute Gasteiger partial charge is 0.466 e. The first-order valence-electron chi connectivity index (χ1n) is 7.23. The lowest BCUT2D eigenvalue weighted by atomic mass is 9.65. The maximum Gasteiger partial charge on any atom is 0.313 e. The van der Waals surface area contributed by atoms with E-state index in [1.54, 1.807) is 0 Å². The zero-order valence-corrected chi connectivity index (χ0v) is 11.3. The van der Waals surface area contributed by atoms with Crippen molar-refractivity contribution in [1.29, 1.82) is 0 Å². The lowest BCUT2D eigenvalue weighted by Crippen LogP contribution is -2.42. The van der Waals surface area contributed by atoms with Crippen LogP contribution in [0.15, 0.2) is 0 Å². The van der Waals surface area contributed by atoms with Crippen molar-refractivity contribution in [3.8, 4) is 0 Å². The van der Waals surface area contributed by atoms with Crippen molar-refractivity contribution in [2.45, 2.75) is 52.4 Å². The highest BCUT2D eigenvalue weighted by molar-refractivity contribution is 5.93. The molecule has 3 saturated carbocycles. The average molecular weight is 250 g/mol. The van der Waals surface area contributed by atoms with Crippen LogP contribution in [0.25, 0.3) is 0 Å². The maximum atomic E-state index is 12.5. The zero-order valence-electron chi connectivity index (χ0n) is 11.3. The Balaban J connectivity index is 2.01. The number of hydrogen-bond donors (Lipinski definition) is 0. The van der Waals surface area contributed by atoms with Crippen molar-refractivity contribution >= 4 is 11.8 Å². The molecule has 1 spiro atoms. The van der Waals surface area contributed by atoms with E-state index in [2.05, 4.69) is 6.92 Å². The Morgan fingerprint density at radius 2 is 2.22 bits per heavy atom. The summed E-state index contributed by atoms with van der Waals surface area (Å²) in [5.41, 5.74) is -0.509. The predicted molar refractivity (Wildman–Crippen MR) is 66.9 cm³/mol. The van der Waals surface area contributed by atoms with Gasteiger partial charge in [0.1, 0.15) is 5.78 Å². The highest BCUT2D eigenvalue weighted by atomic mass is 16.5.